The minimum atomic E-state index is 0.388. The quantitative estimate of drug-likeness (QED) is 0.876. The van der Waals surface area contributed by atoms with E-state index in [1.54, 1.807) is 0 Å². The van der Waals surface area contributed by atoms with Crippen LogP contribution in [0.3, 0.4) is 0 Å². The number of nitrogens with two attached hydrogens (primary N) is 1. The van der Waals surface area contributed by atoms with Gasteiger partial charge in [0.1, 0.15) is 4.99 Å². The molecule has 0 saturated carbocycles. The van der Waals surface area contributed by atoms with Gasteiger partial charge < -0.3 is 5.73 Å². The van der Waals surface area contributed by atoms with Crippen LogP contribution in [0.15, 0.2) is 29.6 Å². The zero-order valence-corrected chi connectivity index (χ0v) is 13.3. The van der Waals surface area contributed by atoms with Gasteiger partial charge in [0.2, 0.25) is 0 Å². The molecule has 1 aliphatic rings. The van der Waals surface area contributed by atoms with Crippen molar-refractivity contribution >= 4 is 40.1 Å². The first-order chi connectivity index (χ1) is 9.63. The second-order valence-corrected chi connectivity index (χ2v) is 6.85. The van der Waals surface area contributed by atoms with E-state index in [9.17, 15) is 0 Å². The molecule has 1 aliphatic heterocycles. The highest BCUT2D eigenvalue weighted by molar-refractivity contribution is 7.80. The second-order valence-electron chi connectivity index (χ2n) is 5.00. The lowest BCUT2D eigenvalue weighted by molar-refractivity contribution is 0.247. The monoisotopic (exact) mass is 322 g/mol. The fourth-order valence-electron chi connectivity index (χ4n) is 2.51. The molecule has 2 N–H and O–H groups in total. The van der Waals surface area contributed by atoms with Crippen LogP contribution in [-0.2, 0) is 19.5 Å². The molecular weight excluding hydrogens is 308 g/mol. The standard InChI is InChI=1S/C15H15ClN2S2/c16-13-7-10(15(17)19)1-2-11(13)8-18-5-3-14-12(9-18)4-6-20-14/h1-2,4,6-7H,3,5,8-9H2,(H2,17,19). The van der Waals surface area contributed by atoms with Crippen LogP contribution < -0.4 is 5.73 Å². The summed E-state index contributed by atoms with van der Waals surface area (Å²) in [5, 5.41) is 2.92. The highest BCUT2D eigenvalue weighted by atomic mass is 35.5. The Hall–Kier alpha value is -0.940. The van der Waals surface area contributed by atoms with Crippen LogP contribution in [0.4, 0.5) is 0 Å². The average molecular weight is 323 g/mol. The number of halogens is 1. The van der Waals surface area contributed by atoms with Crippen LogP contribution in [0.1, 0.15) is 21.6 Å². The van der Waals surface area contributed by atoms with Gasteiger partial charge in [-0.15, -0.1) is 11.3 Å². The molecule has 2 nitrogen and oxygen atoms in total. The zero-order chi connectivity index (χ0) is 14.1. The normalized spacial score (nSPS) is 15.1. The van der Waals surface area contributed by atoms with Gasteiger partial charge in [0.05, 0.1) is 0 Å². The molecule has 0 unspecified atom stereocenters. The van der Waals surface area contributed by atoms with Gasteiger partial charge in [-0.05, 0) is 35.1 Å². The molecule has 0 aliphatic carbocycles. The van der Waals surface area contributed by atoms with Crippen LogP contribution in [-0.4, -0.2) is 16.4 Å². The fraction of sp³-hybridized carbons (Fsp3) is 0.267. The summed E-state index contributed by atoms with van der Waals surface area (Å²) in [6, 6.07) is 8.06. The Kier molecular flexibility index (Phi) is 4.08. The molecule has 20 heavy (non-hydrogen) atoms. The van der Waals surface area contributed by atoms with E-state index in [1.165, 1.54) is 10.4 Å². The largest absolute Gasteiger partial charge is 0.389 e. The molecule has 0 spiro atoms. The predicted molar refractivity (Wildman–Crippen MR) is 89.5 cm³/mol. The smallest absolute Gasteiger partial charge is 0.104 e. The van der Waals surface area contributed by atoms with Crippen LogP contribution in [0, 0.1) is 0 Å². The molecule has 0 atom stereocenters. The second kappa shape index (κ2) is 5.82. The summed E-state index contributed by atoms with van der Waals surface area (Å²) >= 11 is 13.2. The Morgan fingerprint density at radius 3 is 3.00 bits per heavy atom. The van der Waals surface area contributed by atoms with Crippen molar-refractivity contribution in [2.75, 3.05) is 6.54 Å². The van der Waals surface area contributed by atoms with Gasteiger partial charge >= 0.3 is 0 Å². The Balaban J connectivity index is 1.74. The lowest BCUT2D eigenvalue weighted by Gasteiger charge is -2.27. The van der Waals surface area contributed by atoms with Crippen LogP contribution >= 0.6 is 35.2 Å². The van der Waals surface area contributed by atoms with Gasteiger partial charge in [-0.2, -0.15) is 0 Å². The van der Waals surface area contributed by atoms with E-state index in [1.807, 2.05) is 29.5 Å². The number of hydrogen-bond acceptors (Lipinski definition) is 3. The van der Waals surface area contributed by atoms with Crippen LogP contribution in [0.2, 0.25) is 5.02 Å². The first-order valence-electron chi connectivity index (χ1n) is 6.49. The van der Waals surface area contributed by atoms with Crippen molar-refractivity contribution < 1.29 is 0 Å². The van der Waals surface area contributed by atoms with Crippen molar-refractivity contribution in [1.82, 2.24) is 4.90 Å². The third kappa shape index (κ3) is 2.88. The molecule has 0 radical (unpaired) electrons. The maximum absolute atomic E-state index is 6.33. The van der Waals surface area contributed by atoms with Crippen molar-refractivity contribution in [3.8, 4) is 0 Å². The van der Waals surface area contributed by atoms with Crippen molar-refractivity contribution in [3.05, 3.63) is 56.2 Å². The number of hydrogen-bond donors (Lipinski definition) is 1. The Bertz CT molecular complexity index is 651. The van der Waals surface area contributed by atoms with Crippen LogP contribution in [0.25, 0.3) is 0 Å². The Labute approximate surface area is 133 Å². The van der Waals surface area contributed by atoms with Gasteiger partial charge in [0, 0.05) is 35.1 Å². The molecule has 3 rings (SSSR count). The Morgan fingerprint density at radius 1 is 1.40 bits per heavy atom. The molecule has 0 fully saturated rings. The number of thiophene rings is 1. The number of benzene rings is 1. The molecule has 0 amide bonds. The highest BCUT2D eigenvalue weighted by Crippen LogP contribution is 2.26. The van der Waals surface area contributed by atoms with Crippen molar-refractivity contribution in [2.24, 2.45) is 5.73 Å². The summed E-state index contributed by atoms with van der Waals surface area (Å²) in [7, 11) is 0. The lowest BCUT2D eigenvalue weighted by atomic mass is 10.1. The maximum atomic E-state index is 6.33. The van der Waals surface area contributed by atoms with E-state index in [4.69, 9.17) is 29.6 Å². The van der Waals surface area contributed by atoms with E-state index in [-0.39, 0.29) is 0 Å². The van der Waals surface area contributed by atoms with Crippen molar-refractivity contribution in [1.29, 1.82) is 0 Å². The number of rotatable bonds is 3. The molecule has 1 aromatic heterocycles. The third-order valence-corrected chi connectivity index (χ3v) is 5.23. The topological polar surface area (TPSA) is 29.3 Å². The van der Waals surface area contributed by atoms with Crippen molar-refractivity contribution in [2.45, 2.75) is 19.5 Å². The Morgan fingerprint density at radius 2 is 2.25 bits per heavy atom. The van der Waals surface area contributed by atoms with Gasteiger partial charge in [-0.3, -0.25) is 4.90 Å². The average Bonchev–Trinajstić information content (AvgIpc) is 2.88. The molecule has 0 bridgehead atoms. The van der Waals surface area contributed by atoms with Gasteiger partial charge in [0.25, 0.3) is 0 Å². The molecular formula is C15H15ClN2S2. The van der Waals surface area contributed by atoms with E-state index >= 15 is 0 Å². The van der Waals surface area contributed by atoms with E-state index in [0.717, 1.165) is 42.2 Å². The molecule has 104 valence electrons. The minimum Gasteiger partial charge on any atom is -0.389 e. The molecule has 5 heteroatoms. The lowest BCUT2D eigenvalue weighted by Crippen LogP contribution is -2.29. The summed E-state index contributed by atoms with van der Waals surface area (Å²) in [5.74, 6) is 0. The maximum Gasteiger partial charge on any atom is 0.104 e. The molecule has 1 aromatic carbocycles. The van der Waals surface area contributed by atoms with Gasteiger partial charge in [-0.25, -0.2) is 0 Å². The molecule has 2 heterocycles. The van der Waals surface area contributed by atoms with E-state index < -0.39 is 0 Å². The van der Waals surface area contributed by atoms with E-state index in [2.05, 4.69) is 16.3 Å². The summed E-state index contributed by atoms with van der Waals surface area (Å²) in [6.07, 6.45) is 1.13. The fourth-order valence-corrected chi connectivity index (χ4v) is 3.77. The van der Waals surface area contributed by atoms with Crippen molar-refractivity contribution in [3.63, 3.8) is 0 Å². The number of thiocarbonyl (C=S) groups is 1. The van der Waals surface area contributed by atoms with E-state index in [0.29, 0.717) is 4.99 Å². The molecule has 0 saturated heterocycles. The van der Waals surface area contributed by atoms with Crippen LogP contribution in [0.5, 0.6) is 0 Å². The predicted octanol–water partition coefficient (Wildman–Crippen LogP) is 3.59. The molecule has 2 aromatic rings. The number of nitrogens with zero attached hydrogens (tertiary/aromatic N) is 1. The first kappa shape index (κ1) is 14.0. The summed E-state index contributed by atoms with van der Waals surface area (Å²) < 4.78 is 0. The zero-order valence-electron chi connectivity index (χ0n) is 10.9. The summed E-state index contributed by atoms with van der Waals surface area (Å²) in [4.78, 5) is 4.34. The first-order valence-corrected chi connectivity index (χ1v) is 8.16. The highest BCUT2D eigenvalue weighted by Gasteiger charge is 2.18. The minimum absolute atomic E-state index is 0.388. The van der Waals surface area contributed by atoms with Gasteiger partial charge in [-0.1, -0.05) is 36.0 Å². The summed E-state index contributed by atoms with van der Waals surface area (Å²) in [6.45, 7) is 2.96. The third-order valence-electron chi connectivity index (χ3n) is 3.62. The SMILES string of the molecule is NC(=S)c1ccc(CN2CCc3sccc3C2)c(Cl)c1. The summed E-state index contributed by atoms with van der Waals surface area (Å²) in [5.41, 5.74) is 9.03. The van der Waals surface area contributed by atoms with Gasteiger partial charge in [0.15, 0.2) is 0 Å². The number of fused-ring (bicyclic) bond motifs is 1.